The van der Waals surface area contributed by atoms with Crippen LogP contribution in [0.5, 0.6) is 0 Å². The van der Waals surface area contributed by atoms with Gasteiger partial charge >= 0.3 is 29.6 Å². The van der Waals surface area contributed by atoms with E-state index in [1.807, 2.05) is 30.6 Å². The number of anilines is 2. The van der Waals surface area contributed by atoms with Crippen LogP contribution >= 0.6 is 23.2 Å². The van der Waals surface area contributed by atoms with Gasteiger partial charge in [0.25, 0.3) is 0 Å². The number of likely N-dealkylation sites (tertiary alicyclic amines) is 1. The molecule has 1 fully saturated rings. The van der Waals surface area contributed by atoms with Crippen LogP contribution in [0.25, 0.3) is 11.6 Å². The average molecular weight is 521 g/mol. The molecule has 2 N–H and O–H groups in total. The molecule has 0 amide bonds. The van der Waals surface area contributed by atoms with Crippen molar-refractivity contribution in [3.63, 3.8) is 0 Å². The predicted octanol–water partition coefficient (Wildman–Crippen LogP) is 0.525. The molecule has 0 bridgehead atoms. The average Bonchev–Trinajstić information content (AvgIpc) is 3.26. The Hall–Kier alpha value is -1.81. The van der Waals surface area contributed by atoms with Crippen LogP contribution < -0.4 is 40.0 Å². The molecule has 35 heavy (non-hydrogen) atoms. The minimum Gasteiger partial charge on any atom is -0.857 e. The van der Waals surface area contributed by atoms with Gasteiger partial charge in [0, 0.05) is 25.3 Å². The van der Waals surface area contributed by atoms with Crippen LogP contribution in [0.15, 0.2) is 48.7 Å². The van der Waals surface area contributed by atoms with Gasteiger partial charge in [0.15, 0.2) is 0 Å². The number of aliphatic hydroxyl groups is 1. The molecule has 2 aromatic carbocycles. The Morgan fingerprint density at radius 2 is 1.94 bits per heavy atom. The van der Waals surface area contributed by atoms with E-state index in [0.717, 1.165) is 38.9 Å². The van der Waals surface area contributed by atoms with E-state index in [-0.39, 0.29) is 41.2 Å². The molecule has 10 heteroatoms. The summed E-state index contributed by atoms with van der Waals surface area (Å²) in [6, 6.07) is 13.0. The molecular weight excluding hydrogens is 498 g/mol. The number of aliphatic hydroxyl groups excluding tert-OH is 1. The van der Waals surface area contributed by atoms with E-state index < -0.39 is 0 Å². The zero-order chi connectivity index (χ0) is 24.5. The number of halogens is 2. The maximum Gasteiger partial charge on any atom is 1.00 e. The van der Waals surface area contributed by atoms with Crippen LogP contribution in [0, 0.1) is 6.20 Å². The number of β-amino-alcohol motifs (C(OH)–C–C–N with tert-alkyl or cyclic N) is 1. The van der Waals surface area contributed by atoms with Gasteiger partial charge in [0.05, 0.1) is 12.4 Å². The van der Waals surface area contributed by atoms with Crippen molar-refractivity contribution in [2.75, 3.05) is 25.5 Å². The topological polar surface area (TPSA) is 101 Å². The molecule has 1 atom stereocenters. The van der Waals surface area contributed by atoms with Gasteiger partial charge in [0.1, 0.15) is 5.95 Å². The van der Waals surface area contributed by atoms with Crippen molar-refractivity contribution in [2.45, 2.75) is 19.1 Å². The smallest absolute Gasteiger partial charge is 0.857 e. The van der Waals surface area contributed by atoms with E-state index in [0.29, 0.717) is 27.1 Å². The molecule has 1 saturated heterocycles. The third-order valence-electron chi connectivity index (χ3n) is 5.12. The molecular formula is C25H23Cl2N4NaO3-2. The monoisotopic (exact) mass is 520 g/mol. The van der Waals surface area contributed by atoms with Gasteiger partial charge < -0.3 is 30.3 Å². The van der Waals surface area contributed by atoms with Crippen molar-refractivity contribution in [3.05, 3.63) is 81.6 Å². The molecule has 0 spiro atoms. The zero-order valence-corrected chi connectivity index (χ0v) is 23.0. The second kappa shape index (κ2) is 14.7. The van der Waals surface area contributed by atoms with Crippen molar-refractivity contribution in [1.29, 1.82) is 0 Å². The minimum absolute atomic E-state index is 0. The summed E-state index contributed by atoms with van der Waals surface area (Å²) in [6.07, 6.45) is 8.41. The zero-order valence-electron chi connectivity index (χ0n) is 19.5. The van der Waals surface area contributed by atoms with Crippen LogP contribution in [0.3, 0.4) is 0 Å². The molecule has 1 aliphatic heterocycles. The van der Waals surface area contributed by atoms with Gasteiger partial charge in [-0.1, -0.05) is 65.3 Å². The predicted molar refractivity (Wildman–Crippen MR) is 132 cm³/mol. The Bertz CT molecular complexity index is 1110. The maximum absolute atomic E-state index is 11.5. The summed E-state index contributed by atoms with van der Waals surface area (Å²) in [5, 5.41) is 21.7. The number of rotatable bonds is 7. The molecule has 1 unspecified atom stereocenters. The van der Waals surface area contributed by atoms with E-state index in [4.69, 9.17) is 28.3 Å². The van der Waals surface area contributed by atoms with Crippen molar-refractivity contribution >= 4 is 52.8 Å². The molecule has 7 nitrogen and oxygen atoms in total. The van der Waals surface area contributed by atoms with Gasteiger partial charge in [-0.3, -0.25) is 4.90 Å². The number of benzene rings is 2. The fourth-order valence-electron chi connectivity index (χ4n) is 3.54. The molecule has 2 heterocycles. The Morgan fingerprint density at radius 1 is 1.26 bits per heavy atom. The van der Waals surface area contributed by atoms with E-state index in [9.17, 15) is 9.90 Å². The second-order valence-corrected chi connectivity index (χ2v) is 8.33. The number of aromatic nitrogens is 2. The number of nitrogens with zero attached hydrogens (tertiary/aromatic N) is 3. The van der Waals surface area contributed by atoms with Crippen LogP contribution in [-0.4, -0.2) is 52.6 Å². The van der Waals surface area contributed by atoms with Gasteiger partial charge in [-0.15, -0.1) is 17.2 Å². The fourth-order valence-corrected chi connectivity index (χ4v) is 4.14. The van der Waals surface area contributed by atoms with E-state index in [2.05, 4.69) is 26.4 Å². The maximum atomic E-state index is 11.5. The van der Waals surface area contributed by atoms with Crippen molar-refractivity contribution in [3.8, 4) is 0 Å². The van der Waals surface area contributed by atoms with E-state index in [1.165, 1.54) is 11.6 Å². The Labute approximate surface area is 237 Å². The first-order valence-corrected chi connectivity index (χ1v) is 11.2. The first-order chi connectivity index (χ1) is 16.5. The first kappa shape index (κ1) is 29.4. The first-order valence-electron chi connectivity index (χ1n) is 10.5. The van der Waals surface area contributed by atoms with Crippen LogP contribution in [-0.2, 0) is 11.3 Å². The molecule has 3 aromatic rings. The molecule has 0 radical (unpaired) electrons. The SMILES string of the molecule is C[O-].O=[C-]/C(=C\c1[c-]nc(Nc2ccc(CN3CCC(O)C3)cc2)nc1)c1c(Cl)cccc1Cl.[Na+]. The molecule has 1 aliphatic rings. The second-order valence-electron chi connectivity index (χ2n) is 7.52. The number of allylic oxidation sites excluding steroid dienone is 1. The summed E-state index contributed by atoms with van der Waals surface area (Å²) in [5.41, 5.74) is 3.12. The molecule has 0 saturated carbocycles. The molecule has 0 aliphatic carbocycles. The number of hydrogen-bond acceptors (Lipinski definition) is 7. The molecule has 4 rings (SSSR count). The third kappa shape index (κ3) is 8.37. The fraction of sp³-hybridized carbons (Fsp3) is 0.240. The number of carbonyl (C=O) groups excluding carboxylic acids is 1. The summed E-state index contributed by atoms with van der Waals surface area (Å²) < 4.78 is 0. The summed E-state index contributed by atoms with van der Waals surface area (Å²) in [5.74, 6) is 0.380. The number of hydrogen-bond donors (Lipinski definition) is 2. The summed E-state index contributed by atoms with van der Waals surface area (Å²) in [7, 11) is 0.750. The van der Waals surface area contributed by atoms with Crippen molar-refractivity contribution < 1.29 is 44.6 Å². The van der Waals surface area contributed by atoms with E-state index in [1.54, 1.807) is 24.4 Å². The van der Waals surface area contributed by atoms with Gasteiger partial charge in [0.2, 0.25) is 0 Å². The van der Waals surface area contributed by atoms with Crippen LogP contribution in [0.4, 0.5) is 11.6 Å². The largest absolute Gasteiger partial charge is 1.00 e. The van der Waals surface area contributed by atoms with Gasteiger partial charge in [-0.2, -0.15) is 7.11 Å². The Balaban J connectivity index is 0.00000140. The quantitative estimate of drug-likeness (QED) is 0.266. The minimum atomic E-state index is -0.218. The van der Waals surface area contributed by atoms with Crippen molar-refractivity contribution in [1.82, 2.24) is 14.9 Å². The van der Waals surface area contributed by atoms with Crippen LogP contribution in [0.1, 0.15) is 23.1 Å². The molecule has 178 valence electrons. The summed E-state index contributed by atoms with van der Waals surface area (Å²) >= 11 is 12.4. The third-order valence-corrected chi connectivity index (χ3v) is 5.75. The van der Waals surface area contributed by atoms with Gasteiger partial charge in [-0.25, -0.2) is 0 Å². The van der Waals surface area contributed by atoms with Gasteiger partial charge in [-0.05, 0) is 40.4 Å². The van der Waals surface area contributed by atoms with E-state index >= 15 is 0 Å². The normalized spacial score (nSPS) is 15.6. The van der Waals surface area contributed by atoms with Crippen molar-refractivity contribution in [2.24, 2.45) is 0 Å². The Morgan fingerprint density at radius 3 is 2.49 bits per heavy atom. The standard InChI is InChI=1S/C24H20Cl2N4O2.CH3O.Na/c25-21-2-1-3-22(26)23(21)18(15-31)10-17-11-27-24(28-12-17)29-19-6-4-16(5-7-19)13-30-9-8-20(32)14-30;1-2;/h1-7,10-11,20,32H,8-9,13-14H2,(H,27,28,29);1H3;/q-2;-1;+1/b18-10+;;. The summed E-state index contributed by atoms with van der Waals surface area (Å²) in [6.45, 7) is 2.45. The van der Waals surface area contributed by atoms with Crippen LogP contribution in [0.2, 0.25) is 10.0 Å². The number of nitrogens with one attached hydrogen (secondary N) is 1. The Kier molecular flexibility index (Phi) is 12.3. The summed E-state index contributed by atoms with van der Waals surface area (Å²) in [4.78, 5) is 22.2. The molecule has 1 aromatic heterocycles.